The molecule has 0 aliphatic rings. The van der Waals surface area contributed by atoms with E-state index in [-0.39, 0.29) is 15.9 Å². The standard InChI is InChI=1S/C22H29N3O4S2/c1-15(2)14-29-18-8-6-7-16(13-18)20(26)24-21(30)23-17-9-11-19(12-10-17)31(27,28)25-22(3,4)5/h6-13,15,25H,14H2,1-5H3,(H2,23,24,26,30). The normalized spacial score (nSPS) is 11.8. The van der Waals surface area contributed by atoms with E-state index in [4.69, 9.17) is 17.0 Å². The number of nitrogens with one attached hydrogen (secondary N) is 3. The predicted octanol–water partition coefficient (Wildman–Crippen LogP) is 3.93. The van der Waals surface area contributed by atoms with Crippen molar-refractivity contribution in [1.82, 2.24) is 10.0 Å². The van der Waals surface area contributed by atoms with Crippen molar-refractivity contribution >= 4 is 38.9 Å². The van der Waals surface area contributed by atoms with Gasteiger partial charge >= 0.3 is 0 Å². The van der Waals surface area contributed by atoms with Gasteiger partial charge in [-0.1, -0.05) is 19.9 Å². The molecule has 0 aliphatic heterocycles. The van der Waals surface area contributed by atoms with E-state index in [0.717, 1.165) is 0 Å². The molecule has 0 heterocycles. The molecule has 0 bridgehead atoms. The Morgan fingerprint density at radius 2 is 1.74 bits per heavy atom. The van der Waals surface area contributed by atoms with Gasteiger partial charge in [-0.3, -0.25) is 10.1 Å². The number of rotatable bonds is 7. The van der Waals surface area contributed by atoms with Crippen LogP contribution in [0.15, 0.2) is 53.4 Å². The summed E-state index contributed by atoms with van der Waals surface area (Å²) >= 11 is 5.20. The fraction of sp³-hybridized carbons (Fsp3) is 0.364. The predicted molar refractivity (Wildman–Crippen MR) is 127 cm³/mol. The summed E-state index contributed by atoms with van der Waals surface area (Å²) in [5, 5.41) is 5.58. The van der Waals surface area contributed by atoms with Gasteiger partial charge in [-0.15, -0.1) is 0 Å². The topological polar surface area (TPSA) is 96.5 Å². The average Bonchev–Trinajstić information content (AvgIpc) is 2.65. The first-order chi connectivity index (χ1) is 14.4. The highest BCUT2D eigenvalue weighted by atomic mass is 32.2. The van der Waals surface area contributed by atoms with Crippen LogP contribution in [0.5, 0.6) is 5.75 Å². The van der Waals surface area contributed by atoms with Crippen LogP contribution in [0.25, 0.3) is 0 Å². The van der Waals surface area contributed by atoms with Gasteiger partial charge in [0.2, 0.25) is 10.0 Å². The zero-order valence-corrected chi connectivity index (χ0v) is 20.0. The number of hydrogen-bond donors (Lipinski definition) is 3. The maximum absolute atomic E-state index is 12.5. The van der Waals surface area contributed by atoms with E-state index in [2.05, 4.69) is 15.4 Å². The Kier molecular flexibility index (Phi) is 8.16. The van der Waals surface area contributed by atoms with Crippen LogP contribution in [0.2, 0.25) is 0 Å². The van der Waals surface area contributed by atoms with Crippen LogP contribution >= 0.6 is 12.2 Å². The van der Waals surface area contributed by atoms with E-state index in [9.17, 15) is 13.2 Å². The molecular formula is C22H29N3O4S2. The van der Waals surface area contributed by atoms with Crippen molar-refractivity contribution < 1.29 is 17.9 Å². The van der Waals surface area contributed by atoms with Gasteiger partial charge < -0.3 is 10.1 Å². The molecule has 1 amide bonds. The number of amides is 1. The third-order valence-corrected chi connectivity index (χ3v) is 5.75. The van der Waals surface area contributed by atoms with Crippen molar-refractivity contribution in [3.05, 3.63) is 54.1 Å². The van der Waals surface area contributed by atoms with Crippen molar-refractivity contribution in [2.45, 2.75) is 45.1 Å². The van der Waals surface area contributed by atoms with Crippen molar-refractivity contribution in [2.75, 3.05) is 11.9 Å². The first-order valence-corrected chi connectivity index (χ1v) is 11.7. The van der Waals surface area contributed by atoms with Crippen LogP contribution in [-0.2, 0) is 10.0 Å². The molecule has 2 aromatic rings. The monoisotopic (exact) mass is 463 g/mol. The lowest BCUT2D eigenvalue weighted by atomic mass is 10.1. The molecule has 7 nitrogen and oxygen atoms in total. The molecule has 0 unspecified atom stereocenters. The maximum Gasteiger partial charge on any atom is 0.257 e. The molecule has 0 fully saturated rings. The second-order valence-electron chi connectivity index (χ2n) is 8.52. The number of carbonyl (C=O) groups is 1. The highest BCUT2D eigenvalue weighted by Crippen LogP contribution is 2.17. The van der Waals surface area contributed by atoms with Crippen molar-refractivity contribution in [1.29, 1.82) is 0 Å². The maximum atomic E-state index is 12.5. The Bertz CT molecular complexity index is 1030. The van der Waals surface area contributed by atoms with E-state index in [1.165, 1.54) is 12.1 Å². The Morgan fingerprint density at radius 3 is 2.32 bits per heavy atom. The third kappa shape index (κ3) is 8.28. The molecule has 0 spiro atoms. The molecule has 0 atom stereocenters. The number of anilines is 1. The van der Waals surface area contributed by atoms with E-state index < -0.39 is 15.6 Å². The highest BCUT2D eigenvalue weighted by Gasteiger charge is 2.21. The molecule has 0 saturated heterocycles. The lowest BCUT2D eigenvalue weighted by Crippen LogP contribution is -2.40. The van der Waals surface area contributed by atoms with E-state index in [1.54, 1.807) is 57.2 Å². The lowest BCUT2D eigenvalue weighted by molar-refractivity contribution is 0.0977. The summed E-state index contributed by atoms with van der Waals surface area (Å²) in [6, 6.07) is 13.0. The largest absolute Gasteiger partial charge is 0.493 e. The van der Waals surface area contributed by atoms with Crippen molar-refractivity contribution in [2.24, 2.45) is 5.92 Å². The number of benzene rings is 2. The second kappa shape index (κ2) is 10.2. The molecule has 0 saturated carbocycles. The summed E-state index contributed by atoms with van der Waals surface area (Å²) in [6.45, 7) is 9.96. The first-order valence-electron chi connectivity index (χ1n) is 9.85. The molecule has 3 N–H and O–H groups in total. The molecule has 0 aliphatic carbocycles. The van der Waals surface area contributed by atoms with Gasteiger partial charge in [0.1, 0.15) is 5.75 Å². The second-order valence-corrected chi connectivity index (χ2v) is 10.6. The summed E-state index contributed by atoms with van der Waals surface area (Å²) in [7, 11) is -3.62. The number of carbonyl (C=O) groups excluding carboxylic acids is 1. The number of sulfonamides is 1. The van der Waals surface area contributed by atoms with Gasteiger partial charge in [0.25, 0.3) is 5.91 Å². The van der Waals surface area contributed by atoms with E-state index >= 15 is 0 Å². The summed E-state index contributed by atoms with van der Waals surface area (Å²) in [6.07, 6.45) is 0. The van der Waals surface area contributed by atoms with Crippen LogP contribution in [0.1, 0.15) is 45.0 Å². The van der Waals surface area contributed by atoms with Crippen LogP contribution in [0.3, 0.4) is 0 Å². The number of ether oxygens (including phenoxy) is 1. The fourth-order valence-electron chi connectivity index (χ4n) is 2.51. The fourth-order valence-corrected chi connectivity index (χ4v) is 4.14. The summed E-state index contributed by atoms with van der Waals surface area (Å²) in [4.78, 5) is 12.6. The Morgan fingerprint density at radius 1 is 1.10 bits per heavy atom. The van der Waals surface area contributed by atoms with E-state index in [0.29, 0.717) is 29.5 Å². The Balaban J connectivity index is 1.98. The van der Waals surface area contributed by atoms with Crippen LogP contribution in [0, 0.1) is 5.92 Å². The van der Waals surface area contributed by atoms with Gasteiger partial charge in [0, 0.05) is 16.8 Å². The lowest BCUT2D eigenvalue weighted by Gasteiger charge is -2.20. The minimum absolute atomic E-state index is 0.0990. The SMILES string of the molecule is CC(C)COc1cccc(C(=O)NC(=S)Nc2ccc(S(=O)(=O)NC(C)(C)C)cc2)c1. The van der Waals surface area contributed by atoms with Crippen molar-refractivity contribution in [3.63, 3.8) is 0 Å². The molecule has 2 aromatic carbocycles. The molecule has 31 heavy (non-hydrogen) atoms. The third-order valence-electron chi connectivity index (χ3n) is 3.77. The Hall–Kier alpha value is -2.49. The van der Waals surface area contributed by atoms with Gasteiger partial charge in [0.15, 0.2) is 5.11 Å². The zero-order valence-electron chi connectivity index (χ0n) is 18.4. The molecule has 9 heteroatoms. The van der Waals surface area contributed by atoms with Gasteiger partial charge in [-0.2, -0.15) is 0 Å². The molecular weight excluding hydrogens is 434 g/mol. The minimum atomic E-state index is -3.62. The highest BCUT2D eigenvalue weighted by molar-refractivity contribution is 7.89. The van der Waals surface area contributed by atoms with Gasteiger partial charge in [-0.05, 0) is 81.4 Å². The summed E-state index contributed by atoms with van der Waals surface area (Å²) in [5.74, 6) is 0.613. The summed E-state index contributed by atoms with van der Waals surface area (Å²) in [5.41, 5.74) is 0.382. The smallest absolute Gasteiger partial charge is 0.257 e. The summed E-state index contributed by atoms with van der Waals surface area (Å²) < 4.78 is 33.0. The van der Waals surface area contributed by atoms with Crippen molar-refractivity contribution in [3.8, 4) is 5.75 Å². The van der Waals surface area contributed by atoms with E-state index in [1.807, 2.05) is 13.8 Å². The molecule has 0 aromatic heterocycles. The minimum Gasteiger partial charge on any atom is -0.493 e. The van der Waals surface area contributed by atoms with Crippen LogP contribution in [0.4, 0.5) is 5.69 Å². The molecule has 168 valence electrons. The molecule has 2 rings (SSSR count). The molecule has 0 radical (unpaired) electrons. The van der Waals surface area contributed by atoms with Crippen LogP contribution < -0.4 is 20.1 Å². The van der Waals surface area contributed by atoms with Gasteiger partial charge in [0.05, 0.1) is 11.5 Å². The number of hydrogen-bond acceptors (Lipinski definition) is 5. The quantitative estimate of drug-likeness (QED) is 0.539. The van der Waals surface area contributed by atoms with Crippen LogP contribution in [-0.4, -0.2) is 31.6 Å². The average molecular weight is 464 g/mol. The van der Waals surface area contributed by atoms with Gasteiger partial charge in [-0.25, -0.2) is 13.1 Å². The number of thiocarbonyl (C=S) groups is 1. The zero-order chi connectivity index (χ0) is 23.2. The Labute approximate surface area is 189 Å². The first kappa shape index (κ1) is 24.8.